The summed E-state index contributed by atoms with van der Waals surface area (Å²) in [5, 5.41) is 0. The molecule has 6 N–H and O–H groups in total. The van der Waals surface area contributed by atoms with Crippen molar-refractivity contribution in [3.8, 4) is 0 Å². The molecule has 0 aromatic carbocycles. The van der Waals surface area contributed by atoms with E-state index >= 15 is 0 Å². The topological polar surface area (TPSA) is 127 Å². The van der Waals surface area contributed by atoms with Gasteiger partial charge in [0.2, 0.25) is 0 Å². The van der Waals surface area contributed by atoms with E-state index in [4.69, 9.17) is 17.5 Å². The summed E-state index contributed by atoms with van der Waals surface area (Å²) in [6.07, 6.45) is 0. The van der Waals surface area contributed by atoms with Gasteiger partial charge in [-0.2, -0.15) is 8.42 Å². The third-order valence-electron chi connectivity index (χ3n) is 0. The van der Waals surface area contributed by atoms with Gasteiger partial charge in [0, 0.05) is 17.1 Å². The van der Waals surface area contributed by atoms with Crippen molar-refractivity contribution < 1.29 is 34.6 Å². The van der Waals surface area contributed by atoms with E-state index in [0.717, 1.165) is 0 Å². The molecule has 0 aromatic rings. The molecule has 0 aliphatic rings. The Morgan fingerprint density at radius 3 is 1.11 bits per heavy atom. The molecular formula is H9AlCuN2O4S. The molecule has 0 saturated heterocycles. The Hall–Kier alpha value is 0.842. The maximum atomic E-state index is 8.74. The first-order valence-corrected chi connectivity index (χ1v) is 2.43. The average Bonchev–Trinajstić information content (AvgIpc) is 1.36. The van der Waals surface area contributed by atoms with Crippen LogP contribution in [0.3, 0.4) is 0 Å². The maximum absolute atomic E-state index is 8.74. The first-order chi connectivity index (χ1) is 3.00. The fourth-order valence-electron chi connectivity index (χ4n) is 0. The summed E-state index contributed by atoms with van der Waals surface area (Å²) in [6.45, 7) is 0. The molecule has 0 spiro atoms. The van der Waals surface area contributed by atoms with Crippen LogP contribution in [0.25, 0.3) is 0 Å². The zero-order valence-electron chi connectivity index (χ0n) is 3.58. The van der Waals surface area contributed by atoms with Crippen molar-refractivity contribution in [2.24, 2.45) is 11.7 Å². The van der Waals surface area contributed by atoms with Crippen LogP contribution in [0.4, 0.5) is 0 Å². The predicted octanol–water partition coefficient (Wildman–Crippen LogP) is -3.02. The van der Waals surface area contributed by atoms with Crippen LogP contribution in [0.2, 0.25) is 0 Å². The molecule has 0 unspecified atom stereocenters. The Morgan fingerprint density at radius 2 is 1.11 bits per heavy atom. The molecule has 9 heteroatoms. The molecule has 1 radical (unpaired) electrons. The average molecular weight is 224 g/mol. The van der Waals surface area contributed by atoms with Crippen LogP contribution >= 0.6 is 0 Å². The summed E-state index contributed by atoms with van der Waals surface area (Å²) in [7, 11) is -4.67. The fraction of sp³-hybridized carbons (Fsp3) is 0. The van der Waals surface area contributed by atoms with Gasteiger partial charge in [-0.05, 0) is 0 Å². The molecule has 63 valence electrons. The van der Waals surface area contributed by atoms with Crippen LogP contribution < -0.4 is 11.7 Å². The molecule has 0 amide bonds. The summed E-state index contributed by atoms with van der Waals surface area (Å²) in [6, 6.07) is 0. The second-order valence-electron chi connectivity index (χ2n) is 0.448. The number of nitrogens with two attached hydrogens (primary N) is 2. The van der Waals surface area contributed by atoms with Gasteiger partial charge in [0.15, 0.2) is 17.4 Å². The van der Waals surface area contributed by atoms with Crippen molar-refractivity contribution in [1.29, 1.82) is 0 Å². The van der Waals surface area contributed by atoms with E-state index in [9.17, 15) is 0 Å². The zero-order valence-corrected chi connectivity index (χ0v) is 5.33. The van der Waals surface area contributed by atoms with E-state index in [0.29, 0.717) is 0 Å². The molecule has 0 fully saturated rings. The van der Waals surface area contributed by atoms with Gasteiger partial charge in [0.1, 0.15) is 0 Å². The van der Waals surface area contributed by atoms with Gasteiger partial charge in [-0.3, -0.25) is 20.8 Å². The molecule has 0 heterocycles. The predicted molar refractivity (Wildman–Crippen MR) is 32.5 cm³/mol. The quantitative estimate of drug-likeness (QED) is 0.150. The monoisotopic (exact) mass is 223 g/mol. The van der Waals surface area contributed by atoms with Gasteiger partial charge in [-0.15, -0.1) is 0 Å². The second-order valence-corrected chi connectivity index (χ2v) is 1.34. The summed E-state index contributed by atoms with van der Waals surface area (Å²) < 4.78 is 31.6. The van der Waals surface area contributed by atoms with Crippen molar-refractivity contribution in [2.75, 3.05) is 0 Å². The fourth-order valence-corrected chi connectivity index (χ4v) is 0. The van der Waals surface area contributed by atoms with Gasteiger partial charge in [0.25, 0.3) is 0 Å². The molecule has 0 aromatic heterocycles. The van der Waals surface area contributed by atoms with Crippen molar-refractivity contribution in [3.05, 3.63) is 0 Å². The summed E-state index contributed by atoms with van der Waals surface area (Å²) in [5.74, 6) is 8.00. The van der Waals surface area contributed by atoms with E-state index in [2.05, 4.69) is 11.7 Å². The molecule has 0 saturated carbocycles. The van der Waals surface area contributed by atoms with Gasteiger partial charge in [-0.1, -0.05) is 0 Å². The molecule has 9 heavy (non-hydrogen) atoms. The van der Waals surface area contributed by atoms with Crippen LogP contribution in [0.1, 0.15) is 0 Å². The maximum Gasteiger partial charge on any atom is 0.394 e. The van der Waals surface area contributed by atoms with Crippen molar-refractivity contribution >= 4 is 27.8 Å². The van der Waals surface area contributed by atoms with Crippen LogP contribution in [0.15, 0.2) is 0 Å². The summed E-state index contributed by atoms with van der Waals surface area (Å²) in [5.41, 5.74) is 0. The van der Waals surface area contributed by atoms with E-state index < -0.39 is 10.4 Å². The zero-order chi connectivity index (χ0) is 6.50. The van der Waals surface area contributed by atoms with Gasteiger partial charge >= 0.3 is 10.4 Å². The van der Waals surface area contributed by atoms with Crippen molar-refractivity contribution in [2.45, 2.75) is 0 Å². The third kappa shape index (κ3) is 584. The smallest absolute Gasteiger partial charge is 0.274 e. The Balaban J connectivity index is -0.0000000286. The minimum Gasteiger partial charge on any atom is -0.274 e. The van der Waals surface area contributed by atoms with E-state index in [1.54, 1.807) is 0 Å². The Bertz CT molecular complexity index is 102. The standard InChI is InChI=1S/Al.Cu.H4N2.H2O4S.3H/c;;1-2;1-5(2,3)4;;;/h;;1-2H2;(H2,1,2,3,4);;;. The molecule has 6 nitrogen and oxygen atoms in total. The van der Waals surface area contributed by atoms with Gasteiger partial charge < -0.3 is 0 Å². The number of rotatable bonds is 0. The van der Waals surface area contributed by atoms with Gasteiger partial charge in [-0.25, -0.2) is 0 Å². The van der Waals surface area contributed by atoms with Crippen molar-refractivity contribution in [1.82, 2.24) is 0 Å². The molecule has 0 rings (SSSR count). The Labute approximate surface area is 74.1 Å². The van der Waals surface area contributed by atoms with Crippen LogP contribution in [0.5, 0.6) is 0 Å². The van der Waals surface area contributed by atoms with Crippen LogP contribution in [0, 0.1) is 0 Å². The minimum absolute atomic E-state index is 0. The van der Waals surface area contributed by atoms with E-state index in [1.165, 1.54) is 0 Å². The van der Waals surface area contributed by atoms with Crippen LogP contribution in [-0.2, 0) is 27.5 Å². The number of hydrogen-bond acceptors (Lipinski definition) is 4. The number of hydrogen-bond donors (Lipinski definition) is 4. The Kier molecular flexibility index (Phi) is 29.1. The molecular weight excluding hydrogens is 215 g/mol. The van der Waals surface area contributed by atoms with E-state index in [-0.39, 0.29) is 34.4 Å². The first kappa shape index (κ1) is 22.5. The van der Waals surface area contributed by atoms with E-state index in [1.807, 2.05) is 0 Å². The molecule has 0 aliphatic heterocycles. The number of hydrazine groups is 1. The normalized spacial score (nSPS) is 7.11. The Morgan fingerprint density at radius 1 is 1.11 bits per heavy atom. The summed E-state index contributed by atoms with van der Waals surface area (Å²) in [4.78, 5) is 0. The third-order valence-corrected chi connectivity index (χ3v) is 0. The molecule has 0 atom stereocenters. The minimum atomic E-state index is -4.67. The largest absolute Gasteiger partial charge is 0.394 e. The molecule has 0 aliphatic carbocycles. The SMILES string of the molecule is NN.O=S(=O)(O)O.[AlH3].[Cu]. The van der Waals surface area contributed by atoms with Crippen LogP contribution in [-0.4, -0.2) is 34.9 Å². The second kappa shape index (κ2) is 11.6. The first-order valence-electron chi connectivity index (χ1n) is 1.03. The molecule has 0 bridgehead atoms. The van der Waals surface area contributed by atoms with Gasteiger partial charge in [0.05, 0.1) is 0 Å². The summed E-state index contributed by atoms with van der Waals surface area (Å²) >= 11 is 0. The van der Waals surface area contributed by atoms with Crippen molar-refractivity contribution in [3.63, 3.8) is 0 Å².